The second-order valence-electron chi connectivity index (χ2n) is 3.14. The Balaban J connectivity index is 2.84. The van der Waals surface area contributed by atoms with Crippen LogP contribution in [-0.2, 0) is 10.1 Å². The van der Waals surface area contributed by atoms with Gasteiger partial charge in [-0.3, -0.25) is 4.55 Å². The number of thiol groups is 1. The van der Waals surface area contributed by atoms with Gasteiger partial charge in [0.05, 0.1) is 0 Å². The fraction of sp³-hybridized carbons (Fsp3) is 0. The smallest absolute Gasteiger partial charge is 0.282 e. The molecule has 0 bridgehead atoms. The van der Waals surface area contributed by atoms with Gasteiger partial charge in [-0.1, -0.05) is 24.3 Å². The summed E-state index contributed by atoms with van der Waals surface area (Å²) in [6.07, 6.45) is 0. The predicted octanol–water partition coefficient (Wildman–Crippen LogP) is 2.38. The van der Waals surface area contributed by atoms with E-state index < -0.39 is 10.1 Å². The van der Waals surface area contributed by atoms with E-state index in [2.05, 4.69) is 12.6 Å². The molecule has 0 saturated heterocycles. The molecule has 1 N–H and O–H groups in total. The monoisotopic (exact) mass is 240 g/mol. The third kappa shape index (κ3) is 1.99. The number of hydrogen-bond acceptors (Lipinski definition) is 3. The quantitative estimate of drug-likeness (QED) is 0.594. The molecule has 3 nitrogen and oxygen atoms in total. The van der Waals surface area contributed by atoms with Crippen molar-refractivity contribution in [2.75, 3.05) is 0 Å². The predicted molar refractivity (Wildman–Crippen MR) is 61.0 cm³/mol. The molecule has 5 heteroatoms. The fourth-order valence-electron chi connectivity index (χ4n) is 1.41. The van der Waals surface area contributed by atoms with Crippen LogP contribution in [0.25, 0.3) is 10.8 Å². The van der Waals surface area contributed by atoms with Gasteiger partial charge in [-0.25, -0.2) is 0 Å². The van der Waals surface area contributed by atoms with Gasteiger partial charge in [-0.05, 0) is 22.9 Å². The summed E-state index contributed by atoms with van der Waals surface area (Å²) in [5, 5.41) is 1.64. The van der Waals surface area contributed by atoms with Crippen LogP contribution in [-0.4, -0.2) is 13.0 Å². The molecule has 0 aliphatic carbocycles. The van der Waals surface area contributed by atoms with Gasteiger partial charge in [-0.15, -0.1) is 12.6 Å². The maximum Gasteiger partial charge on any atom is 0.295 e. The highest BCUT2D eigenvalue weighted by Gasteiger charge is 2.14. The first-order chi connectivity index (χ1) is 6.98. The van der Waals surface area contributed by atoms with Crippen LogP contribution in [0.2, 0.25) is 0 Å². The summed E-state index contributed by atoms with van der Waals surface area (Å²) < 4.78 is 31.0. The van der Waals surface area contributed by atoms with Crippen molar-refractivity contribution in [2.24, 2.45) is 0 Å². The first kappa shape index (κ1) is 10.5. The summed E-state index contributed by atoms with van der Waals surface area (Å²) in [5.41, 5.74) is 0. The van der Waals surface area contributed by atoms with Gasteiger partial charge >= 0.3 is 0 Å². The van der Waals surface area contributed by atoms with Crippen molar-refractivity contribution < 1.29 is 13.0 Å². The molecule has 0 spiro atoms. The van der Waals surface area contributed by atoms with E-state index in [1.807, 2.05) is 12.1 Å². The van der Waals surface area contributed by atoms with Gasteiger partial charge < -0.3 is 0 Å². The van der Waals surface area contributed by atoms with Crippen molar-refractivity contribution in [3.05, 3.63) is 36.4 Å². The Morgan fingerprint density at radius 3 is 2.13 bits per heavy atom. The van der Waals surface area contributed by atoms with Crippen LogP contribution in [0, 0.1) is 0 Å². The van der Waals surface area contributed by atoms with Crippen molar-refractivity contribution >= 4 is 33.5 Å². The molecule has 0 heterocycles. The highest BCUT2D eigenvalue weighted by Crippen LogP contribution is 2.25. The Bertz CT molecular complexity index is 618. The second kappa shape index (κ2) is 3.52. The number of hydrogen-bond donors (Lipinski definition) is 2. The summed E-state index contributed by atoms with van der Waals surface area (Å²) in [7, 11) is -4.20. The largest absolute Gasteiger partial charge is 0.295 e. The number of rotatable bonds is 1. The van der Waals surface area contributed by atoms with Crippen LogP contribution in [0.1, 0.15) is 0 Å². The number of benzene rings is 2. The molecule has 15 heavy (non-hydrogen) atoms. The Labute approximate surface area is 92.9 Å². The van der Waals surface area contributed by atoms with Gasteiger partial charge in [0.1, 0.15) is 4.90 Å². The zero-order valence-corrected chi connectivity index (χ0v) is 9.29. The van der Waals surface area contributed by atoms with Gasteiger partial charge in [0, 0.05) is 4.90 Å². The summed E-state index contributed by atoms with van der Waals surface area (Å²) in [6, 6.07) is 10.3. The minimum absolute atomic E-state index is 0.162. The van der Waals surface area contributed by atoms with Gasteiger partial charge in [0.2, 0.25) is 0 Å². The van der Waals surface area contributed by atoms with E-state index in [0.717, 1.165) is 10.8 Å². The fourth-order valence-corrected chi connectivity index (χ4v) is 2.56. The molecule has 0 fully saturated rings. The van der Waals surface area contributed by atoms with Crippen molar-refractivity contribution in [3.63, 3.8) is 0 Å². The highest BCUT2D eigenvalue weighted by molar-refractivity contribution is 7.87. The second-order valence-corrected chi connectivity index (χ2v) is 5.01. The molecule has 0 amide bonds. The van der Waals surface area contributed by atoms with Gasteiger partial charge in [0.25, 0.3) is 10.1 Å². The molecule has 2 aromatic carbocycles. The lowest BCUT2D eigenvalue weighted by atomic mass is 10.1. The van der Waals surface area contributed by atoms with E-state index >= 15 is 0 Å². The average Bonchev–Trinajstić information content (AvgIpc) is 2.15. The molecular weight excluding hydrogens is 232 g/mol. The van der Waals surface area contributed by atoms with E-state index in [9.17, 15) is 8.42 Å². The SMILES string of the molecule is O=S(=O)(O)c1cc2ccccc2cc1S. The third-order valence-electron chi connectivity index (χ3n) is 2.11. The highest BCUT2D eigenvalue weighted by atomic mass is 32.2. The Hall–Kier alpha value is -1.04. The van der Waals surface area contributed by atoms with E-state index in [1.165, 1.54) is 6.07 Å². The van der Waals surface area contributed by atoms with Crippen molar-refractivity contribution in [3.8, 4) is 0 Å². The molecule has 0 saturated carbocycles. The van der Waals surface area contributed by atoms with E-state index in [4.69, 9.17) is 4.55 Å². The van der Waals surface area contributed by atoms with Crippen LogP contribution in [0.4, 0.5) is 0 Å². The van der Waals surface area contributed by atoms with Crippen molar-refractivity contribution in [2.45, 2.75) is 9.79 Å². The first-order valence-corrected chi connectivity index (χ1v) is 6.06. The van der Waals surface area contributed by atoms with Crippen LogP contribution in [0.3, 0.4) is 0 Å². The first-order valence-electron chi connectivity index (χ1n) is 4.18. The Morgan fingerprint density at radius 2 is 1.60 bits per heavy atom. The summed E-state index contributed by atoms with van der Waals surface area (Å²) in [5.74, 6) is 0. The van der Waals surface area contributed by atoms with Gasteiger partial charge in [0.15, 0.2) is 0 Å². The molecule has 0 aliphatic heterocycles. The lowest BCUT2D eigenvalue weighted by Gasteiger charge is -2.04. The Kier molecular flexibility index (Phi) is 2.46. The molecule has 0 aliphatic rings. The third-order valence-corrected chi connectivity index (χ3v) is 3.52. The molecule has 2 aromatic rings. The van der Waals surface area contributed by atoms with Crippen LogP contribution in [0.15, 0.2) is 46.2 Å². The van der Waals surface area contributed by atoms with Gasteiger partial charge in [-0.2, -0.15) is 8.42 Å². The average molecular weight is 240 g/mol. The van der Waals surface area contributed by atoms with E-state index in [1.54, 1.807) is 18.2 Å². The summed E-state index contributed by atoms with van der Waals surface area (Å²) >= 11 is 4.03. The van der Waals surface area contributed by atoms with Crippen LogP contribution >= 0.6 is 12.6 Å². The maximum absolute atomic E-state index is 11.0. The molecule has 0 atom stereocenters. The van der Waals surface area contributed by atoms with Crippen LogP contribution < -0.4 is 0 Å². The molecule has 0 radical (unpaired) electrons. The molecule has 0 aromatic heterocycles. The summed E-state index contributed by atoms with van der Waals surface area (Å²) in [4.78, 5) is 0.0840. The zero-order valence-electron chi connectivity index (χ0n) is 7.58. The molecular formula is C10H8O3S2. The van der Waals surface area contributed by atoms with Crippen LogP contribution in [0.5, 0.6) is 0 Å². The summed E-state index contributed by atoms with van der Waals surface area (Å²) in [6.45, 7) is 0. The molecule has 2 rings (SSSR count). The molecule has 0 unspecified atom stereocenters. The Morgan fingerprint density at radius 1 is 1.07 bits per heavy atom. The standard InChI is InChI=1S/C10H8O3S2/c11-15(12,13)10-6-8-4-2-1-3-7(8)5-9(10)14/h1-6,14H,(H,11,12,13). The minimum atomic E-state index is -4.20. The minimum Gasteiger partial charge on any atom is -0.282 e. The topological polar surface area (TPSA) is 54.4 Å². The van der Waals surface area contributed by atoms with Crippen molar-refractivity contribution in [1.29, 1.82) is 0 Å². The lowest BCUT2D eigenvalue weighted by molar-refractivity contribution is 0.481. The normalized spacial score (nSPS) is 11.9. The zero-order chi connectivity index (χ0) is 11.1. The molecule has 78 valence electrons. The van der Waals surface area contributed by atoms with E-state index in [0.29, 0.717) is 0 Å². The lowest BCUT2D eigenvalue weighted by Crippen LogP contribution is -1.99. The van der Waals surface area contributed by atoms with Crippen molar-refractivity contribution in [1.82, 2.24) is 0 Å². The number of fused-ring (bicyclic) bond motifs is 1. The maximum atomic E-state index is 11.0. The van der Waals surface area contributed by atoms with E-state index in [-0.39, 0.29) is 9.79 Å².